The Kier molecular flexibility index (Phi) is 2.62. The van der Waals surface area contributed by atoms with E-state index in [1.807, 2.05) is 0 Å². The molecule has 88 valence electrons. The largest absolute Gasteiger partial charge is 0.417 e. The van der Waals surface area contributed by atoms with Crippen molar-refractivity contribution in [2.24, 2.45) is 0 Å². The first-order valence-corrected chi connectivity index (χ1v) is 4.98. The number of rotatable bonds is 0. The van der Waals surface area contributed by atoms with Crippen molar-refractivity contribution in [2.75, 3.05) is 0 Å². The summed E-state index contributed by atoms with van der Waals surface area (Å²) in [5, 5.41) is 8.63. The van der Waals surface area contributed by atoms with E-state index >= 15 is 0 Å². The predicted octanol–water partition coefficient (Wildman–Crippen LogP) is 2.49. The molecule has 0 amide bonds. The molecular formula is C11H7F3N2O. The molecule has 0 radical (unpaired) electrons. The maximum Gasteiger partial charge on any atom is 0.417 e. The van der Waals surface area contributed by atoms with E-state index in [9.17, 15) is 18.0 Å². The lowest BCUT2D eigenvalue weighted by atomic mass is 9.90. The topological polar surface area (TPSA) is 53.8 Å². The normalized spacial score (nSPS) is 15.3. The summed E-state index contributed by atoms with van der Waals surface area (Å²) >= 11 is 0. The second kappa shape index (κ2) is 3.84. The summed E-state index contributed by atoms with van der Waals surface area (Å²) in [5.41, 5.74) is -1.61. The number of aromatic nitrogens is 1. The van der Waals surface area contributed by atoms with Crippen molar-refractivity contribution in [3.05, 3.63) is 28.6 Å². The Bertz CT molecular complexity index is 529. The molecule has 0 aromatic carbocycles. The third kappa shape index (κ3) is 2.00. The van der Waals surface area contributed by atoms with E-state index < -0.39 is 17.5 Å². The van der Waals surface area contributed by atoms with Gasteiger partial charge in [0.15, 0.2) is 5.78 Å². The van der Waals surface area contributed by atoms with Crippen LogP contribution in [0.1, 0.15) is 40.2 Å². The Morgan fingerprint density at radius 2 is 2.06 bits per heavy atom. The first-order chi connectivity index (χ1) is 7.93. The molecule has 1 aromatic heterocycles. The van der Waals surface area contributed by atoms with Crippen LogP contribution in [0.5, 0.6) is 0 Å². The van der Waals surface area contributed by atoms with Crippen LogP contribution in [0.4, 0.5) is 13.2 Å². The number of fused-ring (bicyclic) bond motifs is 1. The molecular weight excluding hydrogens is 233 g/mol. The molecule has 0 bridgehead atoms. The SMILES string of the molecule is N#Cc1cc(C(F)(F)F)c2c(n1)CCCC2=O. The summed E-state index contributed by atoms with van der Waals surface area (Å²) in [6.07, 6.45) is -3.75. The van der Waals surface area contributed by atoms with Gasteiger partial charge in [-0.1, -0.05) is 0 Å². The first kappa shape index (κ1) is 11.6. The van der Waals surface area contributed by atoms with E-state index in [0.29, 0.717) is 18.9 Å². The van der Waals surface area contributed by atoms with E-state index in [4.69, 9.17) is 5.26 Å². The lowest BCUT2D eigenvalue weighted by Crippen LogP contribution is -2.21. The third-order valence-corrected chi connectivity index (χ3v) is 2.61. The lowest BCUT2D eigenvalue weighted by molar-refractivity contribution is -0.138. The van der Waals surface area contributed by atoms with E-state index in [0.717, 1.165) is 0 Å². The molecule has 0 atom stereocenters. The molecule has 0 saturated heterocycles. The second-order valence-electron chi connectivity index (χ2n) is 3.76. The maximum atomic E-state index is 12.8. The highest BCUT2D eigenvalue weighted by Gasteiger charge is 2.38. The Hall–Kier alpha value is -1.90. The van der Waals surface area contributed by atoms with E-state index in [1.54, 1.807) is 6.07 Å². The van der Waals surface area contributed by atoms with Crippen molar-refractivity contribution >= 4 is 5.78 Å². The molecule has 1 heterocycles. The zero-order valence-electron chi connectivity index (χ0n) is 8.64. The molecule has 0 unspecified atom stereocenters. The van der Waals surface area contributed by atoms with Gasteiger partial charge in [0.1, 0.15) is 11.8 Å². The van der Waals surface area contributed by atoms with Crippen LogP contribution >= 0.6 is 0 Å². The first-order valence-electron chi connectivity index (χ1n) is 4.98. The molecule has 0 saturated carbocycles. The highest BCUT2D eigenvalue weighted by Crippen LogP contribution is 2.36. The van der Waals surface area contributed by atoms with Crippen LogP contribution in [0.3, 0.4) is 0 Å². The molecule has 1 aliphatic rings. The second-order valence-corrected chi connectivity index (χ2v) is 3.76. The molecule has 6 heteroatoms. The smallest absolute Gasteiger partial charge is 0.294 e. The minimum absolute atomic E-state index is 0.0904. The summed E-state index contributed by atoms with van der Waals surface area (Å²) in [7, 11) is 0. The molecule has 3 nitrogen and oxygen atoms in total. The molecule has 17 heavy (non-hydrogen) atoms. The number of aryl methyl sites for hydroxylation is 1. The molecule has 1 aromatic rings. The molecule has 0 aliphatic heterocycles. The number of nitrogens with zero attached hydrogens (tertiary/aromatic N) is 2. The number of carbonyl (C=O) groups excluding carboxylic acids is 1. The van der Waals surface area contributed by atoms with Crippen molar-refractivity contribution < 1.29 is 18.0 Å². The predicted molar refractivity (Wildman–Crippen MR) is 51.2 cm³/mol. The van der Waals surface area contributed by atoms with Crippen LogP contribution in [0.2, 0.25) is 0 Å². The van der Waals surface area contributed by atoms with Crippen molar-refractivity contribution in [1.82, 2.24) is 4.98 Å². The fraction of sp³-hybridized carbons (Fsp3) is 0.364. The highest BCUT2D eigenvalue weighted by atomic mass is 19.4. The van der Waals surface area contributed by atoms with Crippen LogP contribution in [0.15, 0.2) is 6.07 Å². The van der Waals surface area contributed by atoms with E-state index in [2.05, 4.69) is 4.98 Å². The number of hydrogen-bond donors (Lipinski definition) is 0. The monoisotopic (exact) mass is 240 g/mol. The summed E-state index contributed by atoms with van der Waals surface area (Å²) in [5.74, 6) is -0.546. The molecule has 0 fully saturated rings. The Morgan fingerprint density at radius 3 is 2.65 bits per heavy atom. The van der Waals surface area contributed by atoms with Crippen LogP contribution in [0.25, 0.3) is 0 Å². The van der Waals surface area contributed by atoms with Crippen LogP contribution < -0.4 is 0 Å². The number of hydrogen-bond acceptors (Lipinski definition) is 3. The average molecular weight is 240 g/mol. The zero-order chi connectivity index (χ0) is 12.6. The van der Waals surface area contributed by atoms with E-state index in [-0.39, 0.29) is 23.4 Å². The summed E-state index contributed by atoms with van der Waals surface area (Å²) in [4.78, 5) is 15.3. The van der Waals surface area contributed by atoms with Crippen LogP contribution in [-0.4, -0.2) is 10.8 Å². The van der Waals surface area contributed by atoms with Gasteiger partial charge in [-0.15, -0.1) is 0 Å². The molecule has 0 N–H and O–H groups in total. The van der Waals surface area contributed by atoms with Gasteiger partial charge in [-0.25, -0.2) is 4.98 Å². The highest BCUT2D eigenvalue weighted by molar-refractivity contribution is 5.99. The summed E-state index contributed by atoms with van der Waals surface area (Å²) < 4.78 is 38.3. The van der Waals surface area contributed by atoms with E-state index in [1.165, 1.54) is 0 Å². The minimum Gasteiger partial charge on any atom is -0.294 e. The number of halogens is 3. The standard InChI is InChI=1S/C11H7F3N2O/c12-11(13,14)7-4-6(5-15)16-8-2-1-3-9(17)10(7)8/h4H,1-3H2. The quantitative estimate of drug-likeness (QED) is 0.700. The van der Waals surface area contributed by atoms with Gasteiger partial charge in [0.2, 0.25) is 0 Å². The minimum atomic E-state index is -4.63. The van der Waals surface area contributed by atoms with Gasteiger partial charge in [0.05, 0.1) is 16.8 Å². The number of nitriles is 1. The summed E-state index contributed by atoms with van der Waals surface area (Å²) in [6.45, 7) is 0. The van der Waals surface area contributed by atoms with Crippen molar-refractivity contribution in [3.63, 3.8) is 0 Å². The Labute approximate surface area is 94.9 Å². The van der Waals surface area contributed by atoms with Crippen LogP contribution in [-0.2, 0) is 12.6 Å². The fourth-order valence-corrected chi connectivity index (χ4v) is 1.91. The maximum absolute atomic E-state index is 12.8. The number of alkyl halides is 3. The van der Waals surface area contributed by atoms with Gasteiger partial charge in [-0.2, -0.15) is 18.4 Å². The number of carbonyl (C=O) groups is 1. The molecule has 0 spiro atoms. The van der Waals surface area contributed by atoms with Gasteiger partial charge < -0.3 is 0 Å². The van der Waals surface area contributed by atoms with Gasteiger partial charge >= 0.3 is 6.18 Å². The van der Waals surface area contributed by atoms with Gasteiger partial charge in [0, 0.05) is 6.42 Å². The fourth-order valence-electron chi connectivity index (χ4n) is 1.91. The molecule has 1 aliphatic carbocycles. The summed E-state index contributed by atoms with van der Waals surface area (Å²) in [6, 6.07) is 2.22. The number of ketones is 1. The lowest BCUT2D eigenvalue weighted by Gasteiger charge is -2.19. The molecule has 2 rings (SSSR count). The zero-order valence-corrected chi connectivity index (χ0v) is 8.64. The van der Waals surface area contributed by atoms with Crippen molar-refractivity contribution in [2.45, 2.75) is 25.4 Å². The van der Waals surface area contributed by atoms with Gasteiger partial charge in [-0.3, -0.25) is 4.79 Å². The van der Waals surface area contributed by atoms with Gasteiger partial charge in [0.25, 0.3) is 0 Å². The third-order valence-electron chi connectivity index (χ3n) is 2.61. The van der Waals surface area contributed by atoms with Crippen molar-refractivity contribution in [1.29, 1.82) is 5.26 Å². The number of pyridine rings is 1. The number of Topliss-reactive ketones (excluding diaryl/α,β-unsaturated/α-hetero) is 1. The average Bonchev–Trinajstić information content (AvgIpc) is 2.26. The van der Waals surface area contributed by atoms with Crippen LogP contribution in [0, 0.1) is 11.3 Å². The Morgan fingerprint density at radius 1 is 1.35 bits per heavy atom. The van der Waals surface area contributed by atoms with Crippen molar-refractivity contribution in [3.8, 4) is 6.07 Å². The van der Waals surface area contributed by atoms with Gasteiger partial charge in [-0.05, 0) is 18.9 Å². The Balaban J connectivity index is 2.72.